The van der Waals surface area contributed by atoms with Crippen LogP contribution in [0.5, 0.6) is 0 Å². The van der Waals surface area contributed by atoms with Crippen molar-refractivity contribution in [1.82, 2.24) is 9.80 Å². The number of aromatic carboxylic acids is 1. The fourth-order valence-electron chi connectivity index (χ4n) is 2.91. The molecule has 0 spiro atoms. The zero-order valence-electron chi connectivity index (χ0n) is 13.7. The summed E-state index contributed by atoms with van der Waals surface area (Å²) < 4.78 is 0. The molecule has 2 aromatic rings. The fraction of sp³-hybridized carbons (Fsp3) is 0.263. The smallest absolute Gasteiger partial charge is 0.335 e. The number of carbonyl (C=O) groups is 2. The normalized spacial score (nSPS) is 15.2. The van der Waals surface area contributed by atoms with Crippen LogP contribution in [0.3, 0.4) is 0 Å². The Bertz CT molecular complexity index is 768. The van der Waals surface area contributed by atoms with Gasteiger partial charge in [0.25, 0.3) is 5.91 Å². The first kappa shape index (κ1) is 17.5. The molecule has 0 aliphatic carbocycles. The third-order valence-electron chi connectivity index (χ3n) is 4.39. The molecule has 0 bridgehead atoms. The highest BCUT2D eigenvalue weighted by Gasteiger charge is 2.22. The molecule has 0 aromatic heterocycles. The van der Waals surface area contributed by atoms with Crippen LogP contribution in [0.15, 0.2) is 48.5 Å². The van der Waals surface area contributed by atoms with Gasteiger partial charge in [-0.1, -0.05) is 29.8 Å². The molecule has 0 saturated carbocycles. The molecule has 2 aromatic carbocycles. The van der Waals surface area contributed by atoms with E-state index >= 15 is 0 Å². The maximum atomic E-state index is 12.5. The van der Waals surface area contributed by atoms with Gasteiger partial charge in [-0.15, -0.1) is 0 Å². The van der Waals surface area contributed by atoms with E-state index in [1.54, 1.807) is 17.0 Å². The summed E-state index contributed by atoms with van der Waals surface area (Å²) in [5, 5.41) is 9.69. The predicted molar refractivity (Wildman–Crippen MR) is 96.0 cm³/mol. The van der Waals surface area contributed by atoms with E-state index in [4.69, 9.17) is 16.7 Å². The van der Waals surface area contributed by atoms with Crippen molar-refractivity contribution in [3.8, 4) is 0 Å². The molecule has 1 aliphatic rings. The lowest BCUT2D eigenvalue weighted by Gasteiger charge is -2.35. The summed E-state index contributed by atoms with van der Waals surface area (Å²) in [6.07, 6.45) is 0. The van der Waals surface area contributed by atoms with Crippen LogP contribution < -0.4 is 0 Å². The standard InChI is InChI=1S/C19H19ClN2O3/c20-17-4-2-1-3-16(17)13-21-9-11-22(12-10-21)18(23)14-5-7-15(8-6-14)19(24)25/h1-8H,9-13H2,(H,24,25). The Labute approximate surface area is 151 Å². The lowest BCUT2D eigenvalue weighted by Crippen LogP contribution is -2.48. The maximum absolute atomic E-state index is 12.5. The van der Waals surface area contributed by atoms with Gasteiger partial charge < -0.3 is 10.0 Å². The molecule has 1 amide bonds. The predicted octanol–water partition coefficient (Wildman–Crippen LogP) is 3.00. The third kappa shape index (κ3) is 4.18. The summed E-state index contributed by atoms with van der Waals surface area (Å²) in [4.78, 5) is 27.5. The van der Waals surface area contributed by atoms with Gasteiger partial charge in [-0.25, -0.2) is 4.79 Å². The van der Waals surface area contributed by atoms with E-state index in [1.807, 2.05) is 24.3 Å². The third-order valence-corrected chi connectivity index (χ3v) is 4.76. The second-order valence-electron chi connectivity index (χ2n) is 6.04. The molecule has 3 rings (SSSR count). The summed E-state index contributed by atoms with van der Waals surface area (Å²) in [5.74, 6) is -1.05. The first-order chi connectivity index (χ1) is 12.0. The van der Waals surface area contributed by atoms with Crippen molar-refractivity contribution in [2.45, 2.75) is 6.54 Å². The van der Waals surface area contributed by atoms with Crippen molar-refractivity contribution in [2.75, 3.05) is 26.2 Å². The second kappa shape index (κ2) is 7.68. The lowest BCUT2D eigenvalue weighted by atomic mass is 10.1. The quantitative estimate of drug-likeness (QED) is 0.912. The number of hydrogen-bond donors (Lipinski definition) is 1. The van der Waals surface area contributed by atoms with E-state index in [1.165, 1.54) is 12.1 Å². The first-order valence-electron chi connectivity index (χ1n) is 8.13. The molecule has 5 nitrogen and oxygen atoms in total. The monoisotopic (exact) mass is 358 g/mol. The molecule has 1 N–H and O–H groups in total. The number of nitrogens with zero attached hydrogens (tertiary/aromatic N) is 2. The largest absolute Gasteiger partial charge is 0.478 e. The zero-order valence-corrected chi connectivity index (χ0v) is 14.4. The molecule has 0 unspecified atom stereocenters. The topological polar surface area (TPSA) is 60.9 Å². The highest BCUT2D eigenvalue weighted by Crippen LogP contribution is 2.18. The average molecular weight is 359 g/mol. The number of amides is 1. The van der Waals surface area contributed by atoms with E-state index in [2.05, 4.69) is 4.90 Å². The summed E-state index contributed by atoms with van der Waals surface area (Å²) in [6, 6.07) is 13.9. The number of rotatable bonds is 4. The first-order valence-corrected chi connectivity index (χ1v) is 8.51. The van der Waals surface area contributed by atoms with Crippen molar-refractivity contribution >= 4 is 23.5 Å². The Morgan fingerprint density at radius 1 is 0.920 bits per heavy atom. The molecule has 25 heavy (non-hydrogen) atoms. The van der Waals surface area contributed by atoms with Crippen molar-refractivity contribution < 1.29 is 14.7 Å². The molecular weight excluding hydrogens is 340 g/mol. The molecule has 0 atom stereocenters. The van der Waals surface area contributed by atoms with Gasteiger partial charge in [0.1, 0.15) is 0 Å². The molecule has 1 fully saturated rings. The van der Waals surface area contributed by atoms with E-state index in [9.17, 15) is 9.59 Å². The maximum Gasteiger partial charge on any atom is 0.335 e. The molecule has 6 heteroatoms. The molecule has 1 heterocycles. The molecule has 1 aliphatic heterocycles. The van der Waals surface area contributed by atoms with E-state index in [0.717, 1.165) is 30.2 Å². The Balaban J connectivity index is 1.57. The van der Waals surface area contributed by atoms with Crippen LogP contribution in [-0.4, -0.2) is 53.0 Å². The summed E-state index contributed by atoms with van der Waals surface area (Å²) in [5.41, 5.74) is 1.79. The Kier molecular flexibility index (Phi) is 5.36. The van der Waals surface area contributed by atoms with Gasteiger partial charge >= 0.3 is 5.97 Å². The second-order valence-corrected chi connectivity index (χ2v) is 6.45. The fourth-order valence-corrected chi connectivity index (χ4v) is 3.11. The Morgan fingerprint density at radius 2 is 1.52 bits per heavy atom. The highest BCUT2D eigenvalue weighted by molar-refractivity contribution is 6.31. The van der Waals surface area contributed by atoms with Crippen molar-refractivity contribution in [3.63, 3.8) is 0 Å². The number of halogens is 1. The minimum atomic E-state index is -0.993. The number of hydrogen-bond acceptors (Lipinski definition) is 3. The van der Waals surface area contributed by atoms with E-state index in [0.29, 0.717) is 18.7 Å². The summed E-state index contributed by atoms with van der Waals surface area (Å²) in [6.45, 7) is 3.62. The Hall–Kier alpha value is -2.37. The number of carboxylic acid groups (broad SMARTS) is 1. The SMILES string of the molecule is O=C(O)c1ccc(C(=O)N2CCN(Cc3ccccc3Cl)CC2)cc1. The van der Waals surface area contributed by atoms with Crippen LogP contribution in [0.4, 0.5) is 0 Å². The molecule has 130 valence electrons. The highest BCUT2D eigenvalue weighted by atomic mass is 35.5. The average Bonchev–Trinajstić information content (AvgIpc) is 2.64. The van der Waals surface area contributed by atoms with Crippen LogP contribution in [0.2, 0.25) is 5.02 Å². The van der Waals surface area contributed by atoms with Gasteiger partial charge in [0.05, 0.1) is 5.56 Å². The lowest BCUT2D eigenvalue weighted by molar-refractivity contribution is 0.0626. The zero-order chi connectivity index (χ0) is 17.8. The van der Waals surface area contributed by atoms with Crippen LogP contribution in [0.25, 0.3) is 0 Å². The van der Waals surface area contributed by atoms with E-state index in [-0.39, 0.29) is 11.5 Å². The van der Waals surface area contributed by atoms with Gasteiger partial charge in [-0.05, 0) is 35.9 Å². The molecular formula is C19H19ClN2O3. The van der Waals surface area contributed by atoms with Crippen molar-refractivity contribution in [3.05, 3.63) is 70.2 Å². The minimum absolute atomic E-state index is 0.0608. The number of piperazine rings is 1. The molecule has 0 radical (unpaired) electrons. The number of carbonyl (C=O) groups excluding carboxylic acids is 1. The van der Waals surface area contributed by atoms with E-state index < -0.39 is 5.97 Å². The minimum Gasteiger partial charge on any atom is -0.478 e. The van der Waals surface area contributed by atoms with Crippen LogP contribution in [0.1, 0.15) is 26.3 Å². The van der Waals surface area contributed by atoms with Crippen LogP contribution in [-0.2, 0) is 6.54 Å². The number of carboxylic acids is 1. The summed E-state index contributed by atoms with van der Waals surface area (Å²) >= 11 is 6.20. The van der Waals surface area contributed by atoms with Crippen molar-refractivity contribution in [1.29, 1.82) is 0 Å². The summed E-state index contributed by atoms with van der Waals surface area (Å²) in [7, 11) is 0. The van der Waals surface area contributed by atoms with Gasteiger partial charge in [0.2, 0.25) is 0 Å². The number of benzene rings is 2. The van der Waals surface area contributed by atoms with Gasteiger partial charge in [-0.2, -0.15) is 0 Å². The van der Waals surface area contributed by atoms with Gasteiger partial charge in [0.15, 0.2) is 0 Å². The van der Waals surface area contributed by atoms with Crippen LogP contribution >= 0.6 is 11.6 Å². The van der Waals surface area contributed by atoms with Gasteiger partial charge in [-0.3, -0.25) is 9.69 Å². The Morgan fingerprint density at radius 3 is 2.12 bits per heavy atom. The van der Waals surface area contributed by atoms with Crippen molar-refractivity contribution in [2.24, 2.45) is 0 Å². The van der Waals surface area contributed by atoms with Gasteiger partial charge in [0, 0.05) is 43.3 Å². The molecule has 1 saturated heterocycles. The van der Waals surface area contributed by atoms with Crippen LogP contribution in [0, 0.1) is 0 Å².